The molecule has 0 bridgehead atoms. The second-order valence-corrected chi connectivity index (χ2v) is 7.69. The monoisotopic (exact) mass is 389 g/mol. The molecular formula is C23H20FN3O2. The Balaban J connectivity index is 1.47. The Morgan fingerprint density at radius 2 is 1.93 bits per heavy atom. The summed E-state index contributed by atoms with van der Waals surface area (Å²) >= 11 is 0. The SMILES string of the molecule is O=C(c1cccc(Oc2cnccn2)c1)N1CC2(CCCC2)c2c(F)cccc21. The van der Waals surface area contributed by atoms with E-state index in [-0.39, 0.29) is 17.1 Å². The molecule has 29 heavy (non-hydrogen) atoms. The summed E-state index contributed by atoms with van der Waals surface area (Å²) in [4.78, 5) is 23.2. The summed E-state index contributed by atoms with van der Waals surface area (Å²) < 4.78 is 20.5. The summed E-state index contributed by atoms with van der Waals surface area (Å²) in [6, 6.07) is 12.0. The zero-order chi connectivity index (χ0) is 19.8. The fraction of sp³-hybridized carbons (Fsp3) is 0.261. The van der Waals surface area contributed by atoms with Gasteiger partial charge in [0.15, 0.2) is 0 Å². The predicted octanol–water partition coefficient (Wildman–Crippen LogP) is 4.88. The third kappa shape index (κ3) is 3.05. The topological polar surface area (TPSA) is 55.3 Å². The van der Waals surface area contributed by atoms with Gasteiger partial charge in [-0.25, -0.2) is 9.37 Å². The van der Waals surface area contributed by atoms with Crippen LogP contribution in [0, 0.1) is 5.82 Å². The first kappa shape index (κ1) is 17.8. The van der Waals surface area contributed by atoms with Crippen molar-refractivity contribution < 1.29 is 13.9 Å². The molecule has 2 aromatic carbocycles. The summed E-state index contributed by atoms with van der Waals surface area (Å²) in [6.45, 7) is 0.525. The first-order valence-electron chi connectivity index (χ1n) is 9.81. The maximum atomic E-state index is 14.8. The summed E-state index contributed by atoms with van der Waals surface area (Å²) in [5.41, 5.74) is 1.64. The van der Waals surface area contributed by atoms with E-state index >= 15 is 0 Å². The second kappa shape index (κ2) is 6.95. The first-order valence-corrected chi connectivity index (χ1v) is 9.81. The van der Waals surface area contributed by atoms with Crippen LogP contribution in [0.25, 0.3) is 0 Å². The van der Waals surface area contributed by atoms with Crippen LogP contribution in [-0.4, -0.2) is 22.4 Å². The van der Waals surface area contributed by atoms with E-state index in [2.05, 4.69) is 9.97 Å². The minimum Gasteiger partial charge on any atom is -0.437 e. The number of carbonyl (C=O) groups is 1. The number of hydrogen-bond donors (Lipinski definition) is 0. The van der Waals surface area contributed by atoms with Crippen LogP contribution in [0.15, 0.2) is 61.1 Å². The number of carbonyl (C=O) groups excluding carboxylic acids is 1. The number of ether oxygens (including phenoxy) is 1. The Labute approximate surface area is 168 Å². The van der Waals surface area contributed by atoms with Crippen molar-refractivity contribution in [1.82, 2.24) is 9.97 Å². The van der Waals surface area contributed by atoms with Crippen molar-refractivity contribution in [1.29, 1.82) is 0 Å². The highest BCUT2D eigenvalue weighted by molar-refractivity contribution is 6.08. The average molecular weight is 389 g/mol. The minimum absolute atomic E-state index is 0.148. The standard InChI is InChI=1S/C23H20FN3O2/c24-18-7-4-8-19-21(18)23(9-1-2-10-23)15-27(19)22(28)16-5-3-6-17(13-16)29-20-14-25-11-12-26-20/h3-8,11-14H,1-2,9-10,15H2. The zero-order valence-corrected chi connectivity index (χ0v) is 15.8. The Bertz CT molecular complexity index is 1060. The van der Waals surface area contributed by atoms with Gasteiger partial charge < -0.3 is 9.64 Å². The maximum absolute atomic E-state index is 14.8. The van der Waals surface area contributed by atoms with Crippen molar-refractivity contribution in [3.63, 3.8) is 0 Å². The van der Waals surface area contributed by atoms with Gasteiger partial charge in [-0.15, -0.1) is 0 Å². The molecule has 146 valence electrons. The summed E-state index contributed by atoms with van der Waals surface area (Å²) in [7, 11) is 0. The number of anilines is 1. The molecule has 2 aliphatic rings. The molecule has 1 spiro atoms. The highest BCUT2D eigenvalue weighted by Gasteiger charge is 2.48. The molecule has 0 unspecified atom stereocenters. The highest BCUT2D eigenvalue weighted by atomic mass is 19.1. The van der Waals surface area contributed by atoms with Crippen molar-refractivity contribution >= 4 is 11.6 Å². The van der Waals surface area contributed by atoms with Gasteiger partial charge in [0.2, 0.25) is 5.88 Å². The predicted molar refractivity (Wildman–Crippen MR) is 107 cm³/mol. The molecule has 1 aliphatic heterocycles. The van der Waals surface area contributed by atoms with Gasteiger partial charge in [0.25, 0.3) is 5.91 Å². The molecule has 1 aliphatic carbocycles. The van der Waals surface area contributed by atoms with E-state index in [1.165, 1.54) is 12.3 Å². The number of halogens is 1. The van der Waals surface area contributed by atoms with Crippen LogP contribution in [0.5, 0.6) is 11.6 Å². The van der Waals surface area contributed by atoms with Gasteiger partial charge >= 0.3 is 0 Å². The molecule has 1 aromatic heterocycles. The van der Waals surface area contributed by atoms with Gasteiger partial charge in [-0.1, -0.05) is 25.0 Å². The van der Waals surface area contributed by atoms with Gasteiger partial charge in [-0.2, -0.15) is 0 Å². The normalized spacial score (nSPS) is 16.8. The van der Waals surface area contributed by atoms with Crippen LogP contribution in [0.2, 0.25) is 0 Å². The Hall–Kier alpha value is -3.28. The smallest absolute Gasteiger partial charge is 0.258 e. The van der Waals surface area contributed by atoms with E-state index in [0.717, 1.165) is 25.7 Å². The van der Waals surface area contributed by atoms with Gasteiger partial charge in [0, 0.05) is 35.5 Å². The van der Waals surface area contributed by atoms with Gasteiger partial charge in [0.1, 0.15) is 11.6 Å². The molecule has 0 saturated heterocycles. The van der Waals surface area contributed by atoms with E-state index in [1.807, 2.05) is 6.07 Å². The van der Waals surface area contributed by atoms with Crippen LogP contribution in [0.3, 0.4) is 0 Å². The molecule has 2 heterocycles. The molecule has 1 fully saturated rings. The van der Waals surface area contributed by atoms with Gasteiger partial charge in [-0.3, -0.25) is 9.78 Å². The number of fused-ring (bicyclic) bond motifs is 2. The lowest BCUT2D eigenvalue weighted by Gasteiger charge is -2.25. The van der Waals surface area contributed by atoms with E-state index < -0.39 is 0 Å². The van der Waals surface area contributed by atoms with E-state index in [1.54, 1.807) is 47.6 Å². The quantitative estimate of drug-likeness (QED) is 0.641. The molecule has 5 rings (SSSR count). The van der Waals surface area contributed by atoms with Crippen molar-refractivity contribution in [3.05, 3.63) is 78.0 Å². The van der Waals surface area contributed by atoms with E-state index in [9.17, 15) is 9.18 Å². The summed E-state index contributed by atoms with van der Waals surface area (Å²) in [5.74, 6) is 0.505. The Kier molecular flexibility index (Phi) is 4.27. The van der Waals surface area contributed by atoms with Crippen molar-refractivity contribution in [2.45, 2.75) is 31.1 Å². The van der Waals surface area contributed by atoms with E-state index in [4.69, 9.17) is 4.74 Å². The third-order valence-corrected chi connectivity index (χ3v) is 5.92. The summed E-state index contributed by atoms with van der Waals surface area (Å²) in [5, 5.41) is 0. The number of rotatable bonds is 3. The van der Waals surface area contributed by atoms with Crippen LogP contribution in [0.4, 0.5) is 10.1 Å². The van der Waals surface area contributed by atoms with E-state index in [0.29, 0.717) is 35.0 Å². The molecule has 1 amide bonds. The Morgan fingerprint density at radius 3 is 2.72 bits per heavy atom. The molecule has 0 radical (unpaired) electrons. The molecule has 0 atom stereocenters. The number of benzene rings is 2. The molecule has 5 nitrogen and oxygen atoms in total. The Morgan fingerprint density at radius 1 is 1.10 bits per heavy atom. The number of nitrogens with zero attached hydrogens (tertiary/aromatic N) is 3. The van der Waals surface area contributed by atoms with Crippen LogP contribution in [-0.2, 0) is 5.41 Å². The molecule has 0 N–H and O–H groups in total. The molecule has 3 aromatic rings. The second-order valence-electron chi connectivity index (χ2n) is 7.69. The fourth-order valence-corrected chi connectivity index (χ4v) is 4.68. The maximum Gasteiger partial charge on any atom is 0.258 e. The first-order chi connectivity index (χ1) is 14.2. The number of amides is 1. The third-order valence-electron chi connectivity index (χ3n) is 5.92. The largest absolute Gasteiger partial charge is 0.437 e. The molecular weight excluding hydrogens is 369 g/mol. The van der Waals surface area contributed by atoms with Gasteiger partial charge in [0.05, 0.1) is 11.9 Å². The lowest BCUT2D eigenvalue weighted by atomic mass is 9.80. The fourth-order valence-electron chi connectivity index (χ4n) is 4.68. The van der Waals surface area contributed by atoms with Crippen LogP contribution < -0.4 is 9.64 Å². The van der Waals surface area contributed by atoms with Crippen molar-refractivity contribution in [2.75, 3.05) is 11.4 Å². The zero-order valence-electron chi connectivity index (χ0n) is 15.8. The summed E-state index contributed by atoms with van der Waals surface area (Å²) in [6.07, 6.45) is 8.59. The highest BCUT2D eigenvalue weighted by Crippen LogP contribution is 2.51. The molecule has 1 saturated carbocycles. The van der Waals surface area contributed by atoms with Crippen molar-refractivity contribution in [3.8, 4) is 11.6 Å². The molecule has 6 heteroatoms. The lowest BCUT2D eigenvalue weighted by Crippen LogP contribution is -2.35. The average Bonchev–Trinajstić information content (AvgIpc) is 3.35. The number of hydrogen-bond acceptors (Lipinski definition) is 4. The van der Waals surface area contributed by atoms with Crippen LogP contribution in [0.1, 0.15) is 41.6 Å². The lowest BCUT2D eigenvalue weighted by molar-refractivity contribution is 0.0984. The van der Waals surface area contributed by atoms with Gasteiger partial charge in [-0.05, 0) is 43.2 Å². The van der Waals surface area contributed by atoms with Crippen LogP contribution >= 0.6 is 0 Å². The van der Waals surface area contributed by atoms with Crippen molar-refractivity contribution in [2.24, 2.45) is 0 Å². The number of aromatic nitrogens is 2. The minimum atomic E-state index is -0.260.